The Hall–Kier alpha value is -0.860. The first-order valence-corrected chi connectivity index (χ1v) is 7.90. The van der Waals surface area contributed by atoms with Crippen LogP contribution in [0.5, 0.6) is 0 Å². The van der Waals surface area contributed by atoms with Crippen molar-refractivity contribution in [3.05, 3.63) is 35.4 Å². The molecule has 1 heterocycles. The second-order valence-corrected chi connectivity index (χ2v) is 5.61. The molecule has 0 atom stereocenters. The molecule has 2 rings (SSSR count). The van der Waals surface area contributed by atoms with Crippen LogP contribution in [0.1, 0.15) is 43.7 Å². The minimum absolute atomic E-state index is 1.15. The molecule has 0 fully saturated rings. The van der Waals surface area contributed by atoms with Crippen LogP contribution in [-0.2, 0) is 13.0 Å². The highest BCUT2D eigenvalue weighted by atomic mass is 15.1. The average molecular weight is 260 g/mol. The summed E-state index contributed by atoms with van der Waals surface area (Å²) in [7, 11) is 0. The normalized spacial score (nSPS) is 16.1. The van der Waals surface area contributed by atoms with Crippen LogP contribution in [0.3, 0.4) is 0 Å². The minimum atomic E-state index is 1.15. The Morgan fingerprint density at radius 3 is 2.79 bits per heavy atom. The number of nitrogens with one attached hydrogen (secondary N) is 1. The van der Waals surface area contributed by atoms with Crippen molar-refractivity contribution in [2.24, 2.45) is 0 Å². The predicted molar refractivity (Wildman–Crippen MR) is 82.4 cm³/mol. The van der Waals surface area contributed by atoms with E-state index in [-0.39, 0.29) is 0 Å². The summed E-state index contributed by atoms with van der Waals surface area (Å²) in [6.45, 7) is 8.23. The number of hydrogen-bond acceptors (Lipinski definition) is 2. The molecule has 0 bridgehead atoms. The molecule has 1 aliphatic rings. The van der Waals surface area contributed by atoms with Crippen molar-refractivity contribution in [1.29, 1.82) is 0 Å². The van der Waals surface area contributed by atoms with Gasteiger partial charge in [0.05, 0.1) is 0 Å². The van der Waals surface area contributed by atoms with Crippen molar-refractivity contribution in [2.75, 3.05) is 26.2 Å². The summed E-state index contributed by atoms with van der Waals surface area (Å²) in [5.41, 5.74) is 3.11. The van der Waals surface area contributed by atoms with E-state index in [9.17, 15) is 0 Å². The Morgan fingerprint density at radius 2 is 1.95 bits per heavy atom. The quantitative estimate of drug-likeness (QED) is 0.757. The number of aryl methyl sites for hydroxylation is 1. The maximum Gasteiger partial charge on any atom is 0.0236 e. The molecular formula is C17H28N2. The van der Waals surface area contributed by atoms with E-state index in [2.05, 4.69) is 41.4 Å². The third-order valence-corrected chi connectivity index (χ3v) is 3.94. The smallest absolute Gasteiger partial charge is 0.0236 e. The van der Waals surface area contributed by atoms with E-state index in [1.54, 1.807) is 11.1 Å². The van der Waals surface area contributed by atoms with E-state index in [1.165, 1.54) is 51.7 Å². The Morgan fingerprint density at radius 1 is 1.11 bits per heavy atom. The monoisotopic (exact) mass is 260 g/mol. The zero-order chi connectivity index (χ0) is 13.3. The van der Waals surface area contributed by atoms with Gasteiger partial charge in [-0.25, -0.2) is 0 Å². The van der Waals surface area contributed by atoms with Crippen LogP contribution in [0.2, 0.25) is 0 Å². The first-order valence-electron chi connectivity index (χ1n) is 7.90. The summed E-state index contributed by atoms with van der Waals surface area (Å²) in [5, 5.41) is 3.48. The Balaban J connectivity index is 1.70. The SMILES string of the molecule is CCCNCCCCN1CCCc2ccccc2C1. The van der Waals surface area contributed by atoms with Gasteiger partial charge in [-0.05, 0) is 69.4 Å². The van der Waals surface area contributed by atoms with Crippen LogP contribution in [0.15, 0.2) is 24.3 Å². The van der Waals surface area contributed by atoms with E-state index in [0.29, 0.717) is 0 Å². The van der Waals surface area contributed by atoms with Crippen molar-refractivity contribution < 1.29 is 0 Å². The number of hydrogen-bond donors (Lipinski definition) is 1. The minimum Gasteiger partial charge on any atom is -0.317 e. The third-order valence-electron chi connectivity index (χ3n) is 3.94. The van der Waals surface area contributed by atoms with Gasteiger partial charge in [-0.3, -0.25) is 4.90 Å². The number of benzene rings is 1. The first kappa shape index (κ1) is 14.5. The summed E-state index contributed by atoms with van der Waals surface area (Å²) in [6, 6.07) is 8.95. The third kappa shape index (κ3) is 4.96. The Bertz CT molecular complexity index is 362. The van der Waals surface area contributed by atoms with Crippen LogP contribution >= 0.6 is 0 Å². The molecule has 0 aliphatic carbocycles. The molecule has 0 spiro atoms. The van der Waals surface area contributed by atoms with Crippen molar-refractivity contribution >= 4 is 0 Å². The van der Waals surface area contributed by atoms with Gasteiger partial charge >= 0.3 is 0 Å². The van der Waals surface area contributed by atoms with Crippen LogP contribution in [-0.4, -0.2) is 31.1 Å². The molecule has 2 heteroatoms. The van der Waals surface area contributed by atoms with Gasteiger partial charge in [0.1, 0.15) is 0 Å². The van der Waals surface area contributed by atoms with Crippen molar-refractivity contribution in [3.63, 3.8) is 0 Å². The lowest BCUT2D eigenvalue weighted by molar-refractivity contribution is 0.263. The molecule has 2 nitrogen and oxygen atoms in total. The molecular weight excluding hydrogens is 232 g/mol. The fourth-order valence-corrected chi connectivity index (χ4v) is 2.85. The predicted octanol–water partition coefficient (Wildman–Crippen LogP) is 3.21. The van der Waals surface area contributed by atoms with E-state index in [4.69, 9.17) is 0 Å². The van der Waals surface area contributed by atoms with Gasteiger partial charge in [0.25, 0.3) is 0 Å². The Labute approximate surface area is 118 Å². The highest BCUT2D eigenvalue weighted by Gasteiger charge is 2.12. The largest absolute Gasteiger partial charge is 0.317 e. The lowest BCUT2D eigenvalue weighted by atomic mass is 10.0. The summed E-state index contributed by atoms with van der Waals surface area (Å²) in [5.74, 6) is 0. The van der Waals surface area contributed by atoms with Gasteiger partial charge in [-0.1, -0.05) is 31.2 Å². The highest BCUT2D eigenvalue weighted by Crippen LogP contribution is 2.18. The fraction of sp³-hybridized carbons (Fsp3) is 0.647. The lowest BCUT2D eigenvalue weighted by Crippen LogP contribution is -2.25. The molecule has 1 aromatic carbocycles. The summed E-state index contributed by atoms with van der Waals surface area (Å²) in [6.07, 6.45) is 6.43. The molecule has 0 aromatic heterocycles. The number of fused-ring (bicyclic) bond motifs is 1. The van der Waals surface area contributed by atoms with Gasteiger partial charge in [0, 0.05) is 6.54 Å². The average Bonchev–Trinajstić information content (AvgIpc) is 2.64. The maximum absolute atomic E-state index is 3.48. The molecule has 19 heavy (non-hydrogen) atoms. The maximum atomic E-state index is 3.48. The molecule has 1 N–H and O–H groups in total. The Kier molecular flexibility index (Phi) is 6.38. The molecule has 0 radical (unpaired) electrons. The zero-order valence-corrected chi connectivity index (χ0v) is 12.3. The zero-order valence-electron chi connectivity index (χ0n) is 12.3. The van der Waals surface area contributed by atoms with Crippen LogP contribution in [0.4, 0.5) is 0 Å². The number of rotatable bonds is 7. The number of unbranched alkanes of at least 4 members (excludes halogenated alkanes) is 1. The van der Waals surface area contributed by atoms with Crippen molar-refractivity contribution in [1.82, 2.24) is 10.2 Å². The molecule has 0 saturated heterocycles. The van der Waals surface area contributed by atoms with Crippen LogP contribution in [0.25, 0.3) is 0 Å². The van der Waals surface area contributed by atoms with Gasteiger partial charge < -0.3 is 5.32 Å². The molecule has 0 unspecified atom stereocenters. The van der Waals surface area contributed by atoms with E-state index in [1.807, 2.05) is 0 Å². The lowest BCUT2D eigenvalue weighted by Gasteiger charge is -2.20. The number of nitrogens with zero attached hydrogens (tertiary/aromatic N) is 1. The van der Waals surface area contributed by atoms with Crippen molar-refractivity contribution in [2.45, 2.75) is 45.6 Å². The second-order valence-electron chi connectivity index (χ2n) is 5.61. The van der Waals surface area contributed by atoms with Gasteiger partial charge in [-0.2, -0.15) is 0 Å². The van der Waals surface area contributed by atoms with E-state index in [0.717, 1.165) is 13.1 Å². The molecule has 106 valence electrons. The molecule has 1 aliphatic heterocycles. The van der Waals surface area contributed by atoms with Crippen LogP contribution < -0.4 is 5.32 Å². The van der Waals surface area contributed by atoms with Gasteiger partial charge in [0.2, 0.25) is 0 Å². The second kappa shape index (κ2) is 8.34. The highest BCUT2D eigenvalue weighted by molar-refractivity contribution is 5.27. The molecule has 0 amide bonds. The molecule has 1 aromatic rings. The van der Waals surface area contributed by atoms with Gasteiger partial charge in [0.15, 0.2) is 0 Å². The summed E-state index contributed by atoms with van der Waals surface area (Å²) < 4.78 is 0. The summed E-state index contributed by atoms with van der Waals surface area (Å²) >= 11 is 0. The van der Waals surface area contributed by atoms with Crippen LogP contribution in [0, 0.1) is 0 Å². The fourth-order valence-electron chi connectivity index (χ4n) is 2.85. The standard InChI is InChI=1S/C17H28N2/c1-2-11-18-12-5-6-13-19-14-7-10-16-8-3-4-9-17(16)15-19/h3-4,8-9,18H,2,5-7,10-15H2,1H3. The van der Waals surface area contributed by atoms with E-state index < -0.39 is 0 Å². The topological polar surface area (TPSA) is 15.3 Å². The summed E-state index contributed by atoms with van der Waals surface area (Å²) in [4.78, 5) is 2.63. The van der Waals surface area contributed by atoms with Crippen molar-refractivity contribution in [3.8, 4) is 0 Å². The van der Waals surface area contributed by atoms with E-state index >= 15 is 0 Å². The molecule has 0 saturated carbocycles. The van der Waals surface area contributed by atoms with Gasteiger partial charge in [-0.15, -0.1) is 0 Å². The first-order chi connectivity index (χ1) is 9.40.